The summed E-state index contributed by atoms with van der Waals surface area (Å²) in [6.45, 7) is 10.1. The van der Waals surface area contributed by atoms with E-state index in [1.54, 1.807) is 11.8 Å². The molecule has 0 N–H and O–H groups in total. The second-order valence-corrected chi connectivity index (χ2v) is 3.28. The summed E-state index contributed by atoms with van der Waals surface area (Å²) in [6.07, 6.45) is 1.99. The van der Waals surface area contributed by atoms with Gasteiger partial charge in [0.15, 0.2) is 5.16 Å². The number of hydrogen-bond donors (Lipinski definition) is 0. The van der Waals surface area contributed by atoms with Gasteiger partial charge in [0.2, 0.25) is 0 Å². The predicted octanol–water partition coefficient (Wildman–Crippen LogP) is 3.15. The highest BCUT2D eigenvalue weighted by Crippen LogP contribution is 2.13. The standard InChI is InChI=1S/C8H12N2S.C2H6/c1-5-6(2)9-8(11-4)10-7(5)3;1-2/h1-4H3;1-2H3. The van der Waals surface area contributed by atoms with E-state index in [1.807, 2.05) is 34.0 Å². The van der Waals surface area contributed by atoms with Crippen molar-refractivity contribution in [2.24, 2.45) is 0 Å². The van der Waals surface area contributed by atoms with Gasteiger partial charge in [-0.2, -0.15) is 0 Å². The number of aryl methyl sites for hydroxylation is 2. The molecule has 1 aromatic rings. The van der Waals surface area contributed by atoms with Gasteiger partial charge in [0.25, 0.3) is 0 Å². The highest BCUT2D eigenvalue weighted by molar-refractivity contribution is 7.98. The Morgan fingerprint density at radius 1 is 0.923 bits per heavy atom. The fourth-order valence-electron chi connectivity index (χ4n) is 0.833. The molecule has 0 amide bonds. The van der Waals surface area contributed by atoms with E-state index in [1.165, 1.54) is 5.56 Å². The molecule has 0 bridgehead atoms. The molecule has 3 heteroatoms. The van der Waals surface area contributed by atoms with Crippen LogP contribution in [0.3, 0.4) is 0 Å². The summed E-state index contributed by atoms with van der Waals surface area (Å²) in [5.41, 5.74) is 3.37. The molecule has 0 saturated heterocycles. The molecule has 0 aliphatic carbocycles. The number of thioether (sulfide) groups is 1. The molecule has 0 atom stereocenters. The topological polar surface area (TPSA) is 25.8 Å². The van der Waals surface area contributed by atoms with E-state index in [9.17, 15) is 0 Å². The molecular formula is C10H18N2S. The van der Waals surface area contributed by atoms with Crippen LogP contribution in [0.25, 0.3) is 0 Å². The number of aromatic nitrogens is 2. The lowest BCUT2D eigenvalue weighted by atomic mass is 10.2. The monoisotopic (exact) mass is 198 g/mol. The maximum absolute atomic E-state index is 4.30. The van der Waals surface area contributed by atoms with Crippen molar-refractivity contribution in [2.45, 2.75) is 39.8 Å². The smallest absolute Gasteiger partial charge is 0.187 e. The molecule has 0 saturated carbocycles. The Hall–Kier alpha value is -0.570. The SMILES string of the molecule is CC.CSc1nc(C)c(C)c(C)n1. The maximum Gasteiger partial charge on any atom is 0.187 e. The van der Waals surface area contributed by atoms with Crippen molar-refractivity contribution in [2.75, 3.05) is 6.26 Å². The number of rotatable bonds is 1. The number of nitrogens with zero attached hydrogens (tertiary/aromatic N) is 2. The molecule has 0 aliphatic rings. The average Bonchev–Trinajstić information content (AvgIpc) is 2.16. The minimum atomic E-state index is 0.866. The molecule has 0 fully saturated rings. The van der Waals surface area contributed by atoms with Crippen LogP contribution in [-0.2, 0) is 0 Å². The van der Waals surface area contributed by atoms with Crippen LogP contribution < -0.4 is 0 Å². The minimum Gasteiger partial charge on any atom is -0.228 e. The van der Waals surface area contributed by atoms with Gasteiger partial charge in [0, 0.05) is 11.4 Å². The van der Waals surface area contributed by atoms with Gasteiger partial charge < -0.3 is 0 Å². The van der Waals surface area contributed by atoms with E-state index < -0.39 is 0 Å². The molecular weight excluding hydrogens is 180 g/mol. The molecule has 0 aliphatic heterocycles. The Balaban J connectivity index is 0.000000671. The lowest BCUT2D eigenvalue weighted by Gasteiger charge is -2.03. The first kappa shape index (κ1) is 12.4. The van der Waals surface area contributed by atoms with Crippen molar-refractivity contribution in [3.05, 3.63) is 17.0 Å². The van der Waals surface area contributed by atoms with Gasteiger partial charge in [-0.3, -0.25) is 0 Å². The first-order valence-electron chi connectivity index (χ1n) is 4.51. The fraction of sp³-hybridized carbons (Fsp3) is 0.600. The first-order chi connectivity index (χ1) is 6.15. The van der Waals surface area contributed by atoms with Crippen LogP contribution >= 0.6 is 11.8 Å². The van der Waals surface area contributed by atoms with Gasteiger partial charge in [-0.1, -0.05) is 25.6 Å². The van der Waals surface area contributed by atoms with Crippen LogP contribution in [0.4, 0.5) is 0 Å². The van der Waals surface area contributed by atoms with E-state index in [4.69, 9.17) is 0 Å². The Kier molecular flexibility index (Phi) is 5.71. The van der Waals surface area contributed by atoms with Crippen molar-refractivity contribution in [1.82, 2.24) is 9.97 Å². The average molecular weight is 198 g/mol. The van der Waals surface area contributed by atoms with Gasteiger partial charge in [0.1, 0.15) is 0 Å². The van der Waals surface area contributed by atoms with E-state index in [0.29, 0.717) is 0 Å². The molecule has 2 nitrogen and oxygen atoms in total. The van der Waals surface area contributed by atoms with Crippen LogP contribution in [0.15, 0.2) is 5.16 Å². The van der Waals surface area contributed by atoms with E-state index in [0.717, 1.165) is 16.5 Å². The Labute approximate surface area is 85.2 Å². The molecule has 0 unspecified atom stereocenters. The van der Waals surface area contributed by atoms with Gasteiger partial charge in [-0.25, -0.2) is 9.97 Å². The van der Waals surface area contributed by atoms with Crippen molar-refractivity contribution in [1.29, 1.82) is 0 Å². The zero-order valence-electron chi connectivity index (χ0n) is 9.30. The second-order valence-electron chi connectivity index (χ2n) is 2.51. The number of hydrogen-bond acceptors (Lipinski definition) is 3. The third-order valence-corrected chi connectivity index (χ3v) is 2.34. The predicted molar refractivity (Wildman–Crippen MR) is 59.4 cm³/mol. The Morgan fingerprint density at radius 3 is 1.62 bits per heavy atom. The largest absolute Gasteiger partial charge is 0.228 e. The summed E-state index contributed by atoms with van der Waals surface area (Å²) in [4.78, 5) is 8.61. The van der Waals surface area contributed by atoms with E-state index >= 15 is 0 Å². The molecule has 1 heterocycles. The second kappa shape index (κ2) is 5.97. The minimum absolute atomic E-state index is 0.866. The van der Waals surface area contributed by atoms with E-state index in [-0.39, 0.29) is 0 Å². The normalized spacial score (nSPS) is 9.08. The van der Waals surface area contributed by atoms with Gasteiger partial charge in [-0.05, 0) is 32.6 Å². The summed E-state index contributed by atoms with van der Waals surface area (Å²) in [6, 6.07) is 0. The van der Waals surface area contributed by atoms with Crippen LogP contribution in [0, 0.1) is 20.8 Å². The molecule has 0 radical (unpaired) electrons. The highest BCUT2D eigenvalue weighted by Gasteiger charge is 2.01. The molecule has 0 spiro atoms. The van der Waals surface area contributed by atoms with Crippen molar-refractivity contribution >= 4 is 11.8 Å². The van der Waals surface area contributed by atoms with Gasteiger partial charge in [0.05, 0.1) is 0 Å². The molecule has 74 valence electrons. The van der Waals surface area contributed by atoms with Crippen LogP contribution in [-0.4, -0.2) is 16.2 Å². The molecule has 13 heavy (non-hydrogen) atoms. The van der Waals surface area contributed by atoms with Crippen molar-refractivity contribution in [3.63, 3.8) is 0 Å². The zero-order chi connectivity index (χ0) is 10.4. The van der Waals surface area contributed by atoms with Gasteiger partial charge >= 0.3 is 0 Å². The summed E-state index contributed by atoms with van der Waals surface area (Å²) in [5, 5.41) is 0.866. The molecule has 1 aromatic heterocycles. The lowest BCUT2D eigenvalue weighted by Crippen LogP contribution is -1.97. The third kappa shape index (κ3) is 3.35. The zero-order valence-corrected chi connectivity index (χ0v) is 10.1. The summed E-state index contributed by atoms with van der Waals surface area (Å²) in [7, 11) is 0. The fourth-order valence-corrected chi connectivity index (χ4v) is 1.29. The van der Waals surface area contributed by atoms with Crippen molar-refractivity contribution < 1.29 is 0 Å². The van der Waals surface area contributed by atoms with Crippen LogP contribution in [0.1, 0.15) is 30.8 Å². The maximum atomic E-state index is 4.30. The summed E-state index contributed by atoms with van der Waals surface area (Å²) < 4.78 is 0. The molecule has 1 rings (SSSR count). The Morgan fingerprint density at radius 2 is 1.31 bits per heavy atom. The third-order valence-electron chi connectivity index (χ3n) is 1.79. The highest BCUT2D eigenvalue weighted by atomic mass is 32.2. The first-order valence-corrected chi connectivity index (χ1v) is 5.73. The van der Waals surface area contributed by atoms with Gasteiger partial charge in [-0.15, -0.1) is 0 Å². The lowest BCUT2D eigenvalue weighted by molar-refractivity contribution is 0.883. The van der Waals surface area contributed by atoms with E-state index in [2.05, 4.69) is 16.9 Å². The summed E-state index contributed by atoms with van der Waals surface area (Å²) >= 11 is 1.58. The quantitative estimate of drug-likeness (QED) is 0.512. The summed E-state index contributed by atoms with van der Waals surface area (Å²) in [5.74, 6) is 0. The Bertz CT molecular complexity index is 249. The van der Waals surface area contributed by atoms with Crippen LogP contribution in [0.2, 0.25) is 0 Å². The van der Waals surface area contributed by atoms with Crippen LogP contribution in [0.5, 0.6) is 0 Å². The van der Waals surface area contributed by atoms with Crippen molar-refractivity contribution in [3.8, 4) is 0 Å². The molecule has 0 aromatic carbocycles.